The molecule has 1 amide bonds. The van der Waals surface area contributed by atoms with E-state index < -0.39 is 0 Å². The molecule has 0 unspecified atom stereocenters. The van der Waals surface area contributed by atoms with Crippen LogP contribution < -0.4 is 9.80 Å². The van der Waals surface area contributed by atoms with Crippen LogP contribution in [0.1, 0.15) is 0 Å². The standard InChI is InChI=1S/C21H17N3O/c25-20-16-22-21(24(20)19-14-8-3-9-15-19)23(17-10-4-1-5-11-17)18-12-6-2-7-13-18/h1-15H,16H2. The van der Waals surface area contributed by atoms with Crippen molar-refractivity contribution < 1.29 is 4.79 Å². The first-order chi connectivity index (χ1) is 12.3. The minimum Gasteiger partial charge on any atom is -0.281 e. The first-order valence-electron chi connectivity index (χ1n) is 8.17. The molecule has 3 aromatic carbocycles. The SMILES string of the molecule is O=C1CN=C(N(c2ccccc2)c2ccccc2)N1c1ccccc1. The Morgan fingerprint density at radius 3 is 1.72 bits per heavy atom. The van der Waals surface area contributed by atoms with Crippen molar-refractivity contribution in [3.8, 4) is 0 Å². The fourth-order valence-electron chi connectivity index (χ4n) is 2.93. The van der Waals surface area contributed by atoms with E-state index in [9.17, 15) is 4.79 Å². The van der Waals surface area contributed by atoms with Gasteiger partial charge < -0.3 is 0 Å². The van der Waals surface area contributed by atoms with Crippen LogP contribution in [0.2, 0.25) is 0 Å². The minimum atomic E-state index is -0.0296. The Balaban J connectivity index is 1.83. The predicted octanol–water partition coefficient (Wildman–Crippen LogP) is 4.23. The summed E-state index contributed by atoms with van der Waals surface area (Å²) < 4.78 is 0. The summed E-state index contributed by atoms with van der Waals surface area (Å²) in [6.07, 6.45) is 0. The van der Waals surface area contributed by atoms with Crippen LogP contribution in [0, 0.1) is 0 Å². The molecule has 1 aliphatic heterocycles. The summed E-state index contributed by atoms with van der Waals surface area (Å²) in [6.45, 7) is 0.153. The van der Waals surface area contributed by atoms with Crippen molar-refractivity contribution in [3.05, 3.63) is 91.0 Å². The highest BCUT2D eigenvalue weighted by molar-refractivity contribution is 6.27. The Bertz CT molecular complexity index is 853. The smallest absolute Gasteiger partial charge is 0.255 e. The maximum Gasteiger partial charge on any atom is 0.255 e. The van der Waals surface area contributed by atoms with E-state index in [-0.39, 0.29) is 12.5 Å². The van der Waals surface area contributed by atoms with Crippen LogP contribution in [-0.2, 0) is 4.79 Å². The summed E-state index contributed by atoms with van der Waals surface area (Å²) in [5, 5.41) is 0. The molecule has 0 N–H and O–H groups in total. The van der Waals surface area contributed by atoms with Crippen molar-refractivity contribution in [2.45, 2.75) is 0 Å². The molecule has 25 heavy (non-hydrogen) atoms. The Morgan fingerprint density at radius 1 is 0.720 bits per heavy atom. The molecule has 4 heteroatoms. The summed E-state index contributed by atoms with van der Waals surface area (Å²) in [7, 11) is 0. The molecular formula is C21H17N3O. The Hall–Kier alpha value is -3.40. The summed E-state index contributed by atoms with van der Waals surface area (Å²) in [6, 6.07) is 29.6. The van der Waals surface area contributed by atoms with E-state index in [1.54, 1.807) is 4.90 Å². The number of hydrogen-bond donors (Lipinski definition) is 0. The van der Waals surface area contributed by atoms with Crippen LogP contribution in [0.25, 0.3) is 0 Å². The fourth-order valence-corrected chi connectivity index (χ4v) is 2.93. The van der Waals surface area contributed by atoms with E-state index >= 15 is 0 Å². The van der Waals surface area contributed by atoms with Gasteiger partial charge in [-0.05, 0) is 36.4 Å². The molecule has 0 bridgehead atoms. The molecule has 0 atom stereocenters. The van der Waals surface area contributed by atoms with Gasteiger partial charge in [0.2, 0.25) is 5.96 Å². The van der Waals surface area contributed by atoms with Gasteiger partial charge in [-0.1, -0.05) is 54.6 Å². The fraction of sp³-hybridized carbons (Fsp3) is 0.0476. The monoisotopic (exact) mass is 327 g/mol. The average molecular weight is 327 g/mol. The van der Waals surface area contributed by atoms with Crippen LogP contribution in [0.4, 0.5) is 17.1 Å². The number of hydrogen-bond acceptors (Lipinski definition) is 3. The third kappa shape index (κ3) is 2.90. The number of para-hydroxylation sites is 3. The summed E-state index contributed by atoms with van der Waals surface area (Å²) in [5.74, 6) is 0.590. The van der Waals surface area contributed by atoms with Crippen molar-refractivity contribution in [2.24, 2.45) is 4.99 Å². The van der Waals surface area contributed by atoms with E-state index in [1.807, 2.05) is 95.9 Å². The van der Waals surface area contributed by atoms with Gasteiger partial charge >= 0.3 is 0 Å². The topological polar surface area (TPSA) is 35.9 Å². The summed E-state index contributed by atoms with van der Waals surface area (Å²) in [4.78, 5) is 20.8. The van der Waals surface area contributed by atoms with Crippen LogP contribution in [0.15, 0.2) is 96.0 Å². The molecule has 0 radical (unpaired) electrons. The lowest BCUT2D eigenvalue weighted by molar-refractivity contribution is -0.115. The van der Waals surface area contributed by atoms with Gasteiger partial charge in [-0.25, -0.2) is 9.89 Å². The zero-order chi connectivity index (χ0) is 17.1. The van der Waals surface area contributed by atoms with Gasteiger partial charge in [-0.2, -0.15) is 0 Å². The molecular weight excluding hydrogens is 310 g/mol. The van der Waals surface area contributed by atoms with Crippen molar-refractivity contribution >= 4 is 28.9 Å². The Kier molecular flexibility index (Phi) is 4.01. The van der Waals surface area contributed by atoms with Gasteiger partial charge in [-0.15, -0.1) is 0 Å². The number of aliphatic imine (C=N–C) groups is 1. The lowest BCUT2D eigenvalue weighted by atomic mass is 10.2. The van der Waals surface area contributed by atoms with E-state index in [4.69, 9.17) is 0 Å². The zero-order valence-electron chi connectivity index (χ0n) is 13.6. The highest BCUT2D eigenvalue weighted by atomic mass is 16.2. The predicted molar refractivity (Wildman–Crippen MR) is 101 cm³/mol. The summed E-state index contributed by atoms with van der Waals surface area (Å²) in [5.41, 5.74) is 2.74. The van der Waals surface area contributed by atoms with Crippen molar-refractivity contribution in [1.29, 1.82) is 0 Å². The van der Waals surface area contributed by atoms with Crippen molar-refractivity contribution in [3.63, 3.8) is 0 Å². The van der Waals surface area contributed by atoms with Gasteiger partial charge in [0, 0.05) is 11.4 Å². The van der Waals surface area contributed by atoms with Gasteiger partial charge in [0.15, 0.2) is 0 Å². The molecule has 0 fully saturated rings. The normalized spacial score (nSPS) is 13.7. The maximum absolute atomic E-state index is 12.5. The average Bonchev–Trinajstić information content (AvgIpc) is 3.05. The third-order valence-corrected chi connectivity index (χ3v) is 4.05. The largest absolute Gasteiger partial charge is 0.281 e. The second-order valence-electron chi connectivity index (χ2n) is 5.69. The second kappa shape index (κ2) is 6.61. The van der Waals surface area contributed by atoms with E-state index in [1.165, 1.54) is 0 Å². The number of carbonyl (C=O) groups excluding carboxylic acids is 1. The van der Waals surface area contributed by atoms with E-state index in [0.717, 1.165) is 17.1 Å². The van der Waals surface area contributed by atoms with Crippen LogP contribution in [0.3, 0.4) is 0 Å². The molecule has 3 aromatic rings. The number of guanidine groups is 1. The van der Waals surface area contributed by atoms with Gasteiger partial charge in [0.1, 0.15) is 6.54 Å². The molecule has 4 nitrogen and oxygen atoms in total. The van der Waals surface area contributed by atoms with Crippen molar-refractivity contribution in [1.82, 2.24) is 0 Å². The first-order valence-corrected chi connectivity index (χ1v) is 8.17. The molecule has 122 valence electrons. The molecule has 0 aliphatic carbocycles. The lowest BCUT2D eigenvalue weighted by Gasteiger charge is -2.30. The molecule has 1 aliphatic rings. The van der Waals surface area contributed by atoms with Gasteiger partial charge in [-0.3, -0.25) is 9.69 Å². The molecule has 0 spiro atoms. The second-order valence-corrected chi connectivity index (χ2v) is 5.69. The van der Waals surface area contributed by atoms with Gasteiger partial charge in [0.25, 0.3) is 5.91 Å². The minimum absolute atomic E-state index is 0.0296. The van der Waals surface area contributed by atoms with Crippen LogP contribution >= 0.6 is 0 Å². The first kappa shape index (κ1) is 15.1. The molecule has 4 rings (SSSR count). The summed E-state index contributed by atoms with van der Waals surface area (Å²) >= 11 is 0. The lowest BCUT2D eigenvalue weighted by Crippen LogP contribution is -2.42. The number of benzene rings is 3. The van der Waals surface area contributed by atoms with E-state index in [0.29, 0.717) is 5.96 Å². The Morgan fingerprint density at radius 2 is 1.20 bits per heavy atom. The molecule has 0 saturated carbocycles. The molecule has 0 aromatic heterocycles. The number of anilines is 3. The number of amides is 1. The van der Waals surface area contributed by atoms with Crippen molar-refractivity contribution in [2.75, 3.05) is 16.3 Å². The maximum atomic E-state index is 12.5. The van der Waals surface area contributed by atoms with Crippen LogP contribution in [-0.4, -0.2) is 18.4 Å². The van der Waals surface area contributed by atoms with Gasteiger partial charge in [0.05, 0.1) is 5.69 Å². The highest BCUT2D eigenvalue weighted by Gasteiger charge is 2.32. The van der Waals surface area contributed by atoms with Crippen LogP contribution in [0.5, 0.6) is 0 Å². The third-order valence-electron chi connectivity index (χ3n) is 4.05. The molecule has 1 heterocycles. The Labute approximate surface area is 146 Å². The molecule has 0 saturated heterocycles. The van der Waals surface area contributed by atoms with E-state index in [2.05, 4.69) is 4.99 Å². The highest BCUT2D eigenvalue weighted by Crippen LogP contribution is 2.30. The zero-order valence-corrected chi connectivity index (χ0v) is 13.6. The number of nitrogens with zero attached hydrogens (tertiary/aromatic N) is 3. The number of carbonyl (C=O) groups is 1. The number of rotatable bonds is 3. The quantitative estimate of drug-likeness (QED) is 0.722.